The van der Waals surface area contributed by atoms with E-state index >= 15 is 0 Å². The molecular formula is C26H32N2O4S. The fourth-order valence-electron chi connectivity index (χ4n) is 4.41. The molecule has 7 heteroatoms. The number of nitrogens with zero attached hydrogens (tertiary/aromatic N) is 1. The van der Waals surface area contributed by atoms with E-state index in [1.807, 2.05) is 18.2 Å². The van der Waals surface area contributed by atoms with Crippen LogP contribution in [0.2, 0.25) is 0 Å². The number of rotatable bonds is 11. The number of sulfonamides is 1. The summed E-state index contributed by atoms with van der Waals surface area (Å²) in [6, 6.07) is 15.9. The quantitative estimate of drug-likeness (QED) is 0.380. The number of hydrogen-bond acceptors (Lipinski definition) is 5. The molecule has 0 saturated carbocycles. The van der Waals surface area contributed by atoms with Crippen molar-refractivity contribution in [2.24, 2.45) is 0 Å². The highest BCUT2D eigenvalue weighted by molar-refractivity contribution is 7.90. The minimum atomic E-state index is -3.68. The van der Waals surface area contributed by atoms with Gasteiger partial charge in [0.25, 0.3) is 5.91 Å². The van der Waals surface area contributed by atoms with Crippen molar-refractivity contribution in [2.45, 2.75) is 58.4 Å². The van der Waals surface area contributed by atoms with Crippen molar-refractivity contribution in [1.82, 2.24) is 4.72 Å². The first-order valence-electron chi connectivity index (χ1n) is 11.9. The van der Waals surface area contributed by atoms with Gasteiger partial charge in [0.2, 0.25) is 10.0 Å². The number of furan rings is 1. The van der Waals surface area contributed by atoms with Gasteiger partial charge in [0, 0.05) is 24.2 Å². The van der Waals surface area contributed by atoms with Crippen LogP contribution in [0.15, 0.2) is 52.9 Å². The van der Waals surface area contributed by atoms with Crippen LogP contribution in [0, 0.1) is 0 Å². The van der Waals surface area contributed by atoms with Gasteiger partial charge < -0.3 is 9.32 Å². The average Bonchev–Trinajstić information content (AvgIpc) is 3.40. The van der Waals surface area contributed by atoms with Gasteiger partial charge in [-0.15, -0.1) is 0 Å². The minimum absolute atomic E-state index is 0.0141. The number of hydrogen-bond donors (Lipinski definition) is 1. The van der Waals surface area contributed by atoms with E-state index in [-0.39, 0.29) is 11.5 Å². The summed E-state index contributed by atoms with van der Waals surface area (Å²) in [4.78, 5) is 14.9. The number of carbonyl (C=O) groups excluding carboxylic acids is 1. The van der Waals surface area contributed by atoms with Crippen LogP contribution < -0.4 is 9.62 Å². The maximum Gasteiger partial charge on any atom is 0.300 e. The summed E-state index contributed by atoms with van der Waals surface area (Å²) in [5.41, 5.74) is 4.31. The highest BCUT2D eigenvalue weighted by atomic mass is 32.2. The van der Waals surface area contributed by atoms with E-state index in [0.29, 0.717) is 12.0 Å². The molecule has 0 spiro atoms. The second kappa shape index (κ2) is 10.4. The smallest absolute Gasteiger partial charge is 0.300 e. The Hall–Kier alpha value is -2.80. The molecule has 176 valence electrons. The molecule has 0 saturated heterocycles. The van der Waals surface area contributed by atoms with Crippen molar-refractivity contribution >= 4 is 32.6 Å². The second-order valence-electron chi connectivity index (χ2n) is 8.80. The third kappa shape index (κ3) is 5.96. The van der Waals surface area contributed by atoms with Gasteiger partial charge in [-0.3, -0.25) is 4.79 Å². The second-order valence-corrected chi connectivity index (χ2v) is 10.6. The maximum absolute atomic E-state index is 12.5. The van der Waals surface area contributed by atoms with E-state index in [1.165, 1.54) is 17.7 Å². The Balaban J connectivity index is 1.36. The molecule has 0 aliphatic carbocycles. The number of amides is 1. The SMILES string of the molecule is CCCCCCCCS(=O)(=O)NC(=O)c1cc2cc(CN3CCc4ccccc43)ccc2o1. The maximum atomic E-state index is 12.5. The molecule has 0 unspecified atom stereocenters. The fraction of sp³-hybridized carbons (Fsp3) is 0.423. The van der Waals surface area contributed by atoms with Gasteiger partial charge in [-0.1, -0.05) is 63.3 Å². The summed E-state index contributed by atoms with van der Waals surface area (Å²) in [6.45, 7) is 3.89. The van der Waals surface area contributed by atoms with Crippen molar-refractivity contribution < 1.29 is 17.6 Å². The lowest BCUT2D eigenvalue weighted by Crippen LogP contribution is -2.32. The molecule has 0 radical (unpaired) electrons. The normalized spacial score (nSPS) is 13.4. The standard InChI is InChI=1S/C26H32N2O4S/c1-2-3-4-5-6-9-16-33(30,31)27-26(29)25-18-22-17-20(12-13-24(22)32-25)19-28-15-14-21-10-7-8-11-23(21)28/h7-8,10-13,17-18H,2-6,9,14-16,19H2,1H3,(H,27,29). The zero-order chi connectivity index (χ0) is 23.3. The predicted molar refractivity (Wildman–Crippen MR) is 132 cm³/mol. The van der Waals surface area contributed by atoms with Gasteiger partial charge in [0.05, 0.1) is 5.75 Å². The van der Waals surface area contributed by atoms with Crippen molar-refractivity contribution in [3.63, 3.8) is 0 Å². The van der Waals surface area contributed by atoms with Gasteiger partial charge >= 0.3 is 0 Å². The molecule has 1 N–H and O–H groups in total. The van der Waals surface area contributed by atoms with Crippen LogP contribution in [0.5, 0.6) is 0 Å². The van der Waals surface area contributed by atoms with Gasteiger partial charge in [-0.25, -0.2) is 13.1 Å². The third-order valence-electron chi connectivity index (χ3n) is 6.18. The Morgan fingerprint density at radius 1 is 1.03 bits per heavy atom. The first-order valence-corrected chi connectivity index (χ1v) is 13.5. The van der Waals surface area contributed by atoms with Crippen molar-refractivity contribution in [2.75, 3.05) is 17.2 Å². The molecular weight excluding hydrogens is 436 g/mol. The molecule has 6 nitrogen and oxygen atoms in total. The number of benzene rings is 2. The Bertz CT molecular complexity index is 1220. The van der Waals surface area contributed by atoms with Crippen LogP contribution in [0.4, 0.5) is 5.69 Å². The van der Waals surface area contributed by atoms with E-state index in [4.69, 9.17) is 4.42 Å². The van der Waals surface area contributed by atoms with Crippen LogP contribution in [0.25, 0.3) is 11.0 Å². The van der Waals surface area contributed by atoms with Crippen LogP contribution in [-0.2, 0) is 23.0 Å². The summed E-state index contributed by atoms with van der Waals surface area (Å²) >= 11 is 0. The number of carbonyl (C=O) groups is 1. The Labute approximate surface area is 196 Å². The Morgan fingerprint density at radius 3 is 2.67 bits per heavy atom. The summed E-state index contributed by atoms with van der Waals surface area (Å²) in [5, 5.41) is 0.790. The zero-order valence-electron chi connectivity index (χ0n) is 19.2. The van der Waals surface area contributed by atoms with Crippen molar-refractivity contribution in [3.8, 4) is 0 Å². The van der Waals surface area contributed by atoms with Crippen LogP contribution in [0.1, 0.15) is 67.1 Å². The molecule has 33 heavy (non-hydrogen) atoms. The topological polar surface area (TPSA) is 79.6 Å². The molecule has 4 rings (SSSR count). The molecule has 0 bridgehead atoms. The van der Waals surface area contributed by atoms with Crippen LogP contribution >= 0.6 is 0 Å². The number of para-hydroxylation sites is 1. The highest BCUT2D eigenvalue weighted by Gasteiger charge is 2.21. The number of nitrogens with one attached hydrogen (secondary N) is 1. The zero-order valence-corrected chi connectivity index (χ0v) is 20.0. The molecule has 3 aromatic rings. The lowest BCUT2D eigenvalue weighted by Gasteiger charge is -2.19. The molecule has 2 heterocycles. The largest absolute Gasteiger partial charge is 0.451 e. The van der Waals surface area contributed by atoms with E-state index < -0.39 is 15.9 Å². The van der Waals surface area contributed by atoms with E-state index in [9.17, 15) is 13.2 Å². The van der Waals surface area contributed by atoms with Gasteiger partial charge in [0.15, 0.2) is 5.76 Å². The molecule has 1 aromatic heterocycles. The van der Waals surface area contributed by atoms with E-state index in [1.54, 1.807) is 6.07 Å². The average molecular weight is 469 g/mol. The van der Waals surface area contributed by atoms with Gasteiger partial charge in [0.1, 0.15) is 5.58 Å². The number of fused-ring (bicyclic) bond motifs is 2. The predicted octanol–water partition coefficient (Wildman–Crippen LogP) is 5.42. The first kappa shape index (κ1) is 23.4. The van der Waals surface area contributed by atoms with Gasteiger partial charge in [-0.05, 0) is 48.2 Å². The molecule has 1 aliphatic rings. The summed E-state index contributed by atoms with van der Waals surface area (Å²) < 4.78 is 32.4. The lowest BCUT2D eigenvalue weighted by molar-refractivity contribution is 0.0956. The van der Waals surface area contributed by atoms with Crippen LogP contribution in [-0.4, -0.2) is 26.6 Å². The molecule has 1 aliphatic heterocycles. The van der Waals surface area contributed by atoms with E-state index in [2.05, 4.69) is 40.8 Å². The monoisotopic (exact) mass is 468 g/mol. The molecule has 0 atom stereocenters. The molecule has 2 aromatic carbocycles. The highest BCUT2D eigenvalue weighted by Crippen LogP contribution is 2.30. The summed E-state index contributed by atoms with van der Waals surface area (Å²) in [7, 11) is -3.68. The van der Waals surface area contributed by atoms with Crippen molar-refractivity contribution in [1.29, 1.82) is 0 Å². The Morgan fingerprint density at radius 2 is 1.82 bits per heavy atom. The summed E-state index contributed by atoms with van der Waals surface area (Å²) in [6.07, 6.45) is 6.91. The fourth-order valence-corrected chi connectivity index (χ4v) is 5.48. The number of unbranched alkanes of at least 4 members (excludes halogenated alkanes) is 5. The third-order valence-corrected chi connectivity index (χ3v) is 7.50. The van der Waals surface area contributed by atoms with Crippen LogP contribution in [0.3, 0.4) is 0 Å². The lowest BCUT2D eigenvalue weighted by atomic mass is 10.1. The minimum Gasteiger partial charge on any atom is -0.451 e. The van der Waals surface area contributed by atoms with Crippen molar-refractivity contribution in [3.05, 3.63) is 65.4 Å². The summed E-state index contributed by atoms with van der Waals surface area (Å²) in [5.74, 6) is -0.751. The number of anilines is 1. The first-order chi connectivity index (χ1) is 15.9. The van der Waals surface area contributed by atoms with E-state index in [0.717, 1.165) is 56.1 Å². The van der Waals surface area contributed by atoms with Gasteiger partial charge in [-0.2, -0.15) is 0 Å². The molecule has 1 amide bonds. The molecule has 0 fully saturated rings. The Kier molecular flexibility index (Phi) is 7.38.